The highest BCUT2D eigenvalue weighted by Gasteiger charge is 2.28. The minimum atomic E-state index is -3.50. The van der Waals surface area contributed by atoms with Crippen molar-refractivity contribution in [2.45, 2.75) is 57.1 Å². The summed E-state index contributed by atoms with van der Waals surface area (Å²) < 4.78 is 27.6. The van der Waals surface area contributed by atoms with Crippen molar-refractivity contribution in [3.63, 3.8) is 0 Å². The van der Waals surface area contributed by atoms with Crippen LogP contribution in [0.3, 0.4) is 0 Å². The molecule has 1 aliphatic carbocycles. The summed E-state index contributed by atoms with van der Waals surface area (Å²) in [5.41, 5.74) is 1.68. The number of sulfonamides is 1. The van der Waals surface area contributed by atoms with Gasteiger partial charge in [-0.25, -0.2) is 13.1 Å². The summed E-state index contributed by atoms with van der Waals surface area (Å²) in [6, 6.07) is 5.03. The van der Waals surface area contributed by atoms with Gasteiger partial charge < -0.3 is 5.11 Å². The second kappa shape index (κ2) is 6.24. The third kappa shape index (κ3) is 3.22. The van der Waals surface area contributed by atoms with Crippen molar-refractivity contribution in [3.05, 3.63) is 29.3 Å². The fraction of sp³-hybridized carbons (Fsp3) is 0.600. The quantitative estimate of drug-likeness (QED) is 0.875. The van der Waals surface area contributed by atoms with Crippen LogP contribution in [0.4, 0.5) is 0 Å². The van der Waals surface area contributed by atoms with Gasteiger partial charge in [0.1, 0.15) is 0 Å². The normalized spacial score (nSPS) is 23.1. The fourth-order valence-corrected chi connectivity index (χ4v) is 4.28. The summed E-state index contributed by atoms with van der Waals surface area (Å²) >= 11 is 0. The van der Waals surface area contributed by atoms with E-state index in [1.165, 1.54) is 0 Å². The van der Waals surface area contributed by atoms with E-state index in [0.717, 1.165) is 31.2 Å². The highest BCUT2D eigenvalue weighted by atomic mass is 32.2. The maximum atomic E-state index is 12.4. The first-order valence-corrected chi connectivity index (χ1v) is 8.71. The molecule has 1 saturated carbocycles. The number of benzene rings is 1. The lowest BCUT2D eigenvalue weighted by Crippen LogP contribution is -2.36. The van der Waals surface area contributed by atoms with Gasteiger partial charge in [-0.1, -0.05) is 26.3 Å². The third-order valence-electron chi connectivity index (χ3n) is 4.21. The van der Waals surface area contributed by atoms with Gasteiger partial charge in [0.05, 0.1) is 11.5 Å². The maximum absolute atomic E-state index is 12.4. The van der Waals surface area contributed by atoms with Crippen LogP contribution in [0.2, 0.25) is 0 Å². The molecule has 2 unspecified atom stereocenters. The van der Waals surface area contributed by atoms with Gasteiger partial charge in [-0.15, -0.1) is 0 Å². The predicted octanol–water partition coefficient (Wildman–Crippen LogP) is 2.21. The first kappa shape index (κ1) is 15.5. The van der Waals surface area contributed by atoms with Crippen LogP contribution in [0.5, 0.6) is 0 Å². The van der Waals surface area contributed by atoms with Crippen LogP contribution in [-0.4, -0.2) is 19.6 Å². The SMILES string of the molecule is CCc1ccc(S(=O)(=O)NC2CCCC2C)cc1CO. The molecule has 2 N–H and O–H groups in total. The number of aryl methyl sites for hydroxylation is 1. The van der Waals surface area contributed by atoms with E-state index in [9.17, 15) is 13.5 Å². The van der Waals surface area contributed by atoms with E-state index in [0.29, 0.717) is 11.5 Å². The Bertz CT molecular complexity index is 568. The topological polar surface area (TPSA) is 66.4 Å². The summed E-state index contributed by atoms with van der Waals surface area (Å²) in [5.74, 6) is 0.386. The molecule has 1 aromatic carbocycles. The molecule has 2 atom stereocenters. The zero-order valence-corrected chi connectivity index (χ0v) is 12.9. The van der Waals surface area contributed by atoms with Gasteiger partial charge in [-0.05, 0) is 48.4 Å². The molecule has 112 valence electrons. The Morgan fingerprint density at radius 3 is 2.60 bits per heavy atom. The average molecular weight is 297 g/mol. The number of nitrogens with one attached hydrogen (secondary N) is 1. The number of rotatable bonds is 5. The summed E-state index contributed by atoms with van der Waals surface area (Å²) in [5, 5.41) is 9.35. The van der Waals surface area contributed by atoms with Crippen LogP contribution in [-0.2, 0) is 23.1 Å². The molecule has 1 aromatic rings. The van der Waals surface area contributed by atoms with Crippen molar-refractivity contribution in [1.82, 2.24) is 4.72 Å². The van der Waals surface area contributed by atoms with Crippen LogP contribution in [0.15, 0.2) is 23.1 Å². The number of aliphatic hydroxyl groups excluding tert-OH is 1. The zero-order chi connectivity index (χ0) is 14.8. The molecule has 0 heterocycles. The van der Waals surface area contributed by atoms with Gasteiger partial charge in [0.15, 0.2) is 0 Å². The van der Waals surface area contributed by atoms with Crippen molar-refractivity contribution < 1.29 is 13.5 Å². The molecule has 2 rings (SSSR count). The summed E-state index contributed by atoms with van der Waals surface area (Å²) in [4.78, 5) is 0.248. The number of hydrogen-bond donors (Lipinski definition) is 2. The van der Waals surface area contributed by atoms with Crippen molar-refractivity contribution in [2.24, 2.45) is 5.92 Å². The van der Waals surface area contributed by atoms with Crippen molar-refractivity contribution >= 4 is 10.0 Å². The lowest BCUT2D eigenvalue weighted by atomic mass is 10.1. The van der Waals surface area contributed by atoms with Crippen LogP contribution in [0.25, 0.3) is 0 Å². The Labute approximate surface area is 121 Å². The Morgan fingerprint density at radius 1 is 1.30 bits per heavy atom. The molecule has 5 heteroatoms. The molecule has 1 fully saturated rings. The Balaban J connectivity index is 2.25. The molecule has 20 heavy (non-hydrogen) atoms. The van der Waals surface area contributed by atoms with Crippen LogP contribution >= 0.6 is 0 Å². The monoisotopic (exact) mass is 297 g/mol. The van der Waals surface area contributed by atoms with E-state index in [4.69, 9.17) is 0 Å². The van der Waals surface area contributed by atoms with E-state index in [2.05, 4.69) is 11.6 Å². The number of hydrogen-bond acceptors (Lipinski definition) is 3. The highest BCUT2D eigenvalue weighted by molar-refractivity contribution is 7.89. The fourth-order valence-electron chi connectivity index (χ4n) is 2.85. The summed E-state index contributed by atoms with van der Waals surface area (Å²) in [6.07, 6.45) is 3.83. The molecule has 0 radical (unpaired) electrons. The van der Waals surface area contributed by atoms with Gasteiger partial charge in [-0.2, -0.15) is 0 Å². The van der Waals surface area contributed by atoms with E-state index in [1.807, 2.05) is 6.92 Å². The van der Waals surface area contributed by atoms with Crippen LogP contribution in [0.1, 0.15) is 44.2 Å². The zero-order valence-electron chi connectivity index (χ0n) is 12.1. The molecule has 0 amide bonds. The van der Waals surface area contributed by atoms with Gasteiger partial charge >= 0.3 is 0 Å². The van der Waals surface area contributed by atoms with Crippen LogP contribution < -0.4 is 4.72 Å². The van der Waals surface area contributed by atoms with E-state index < -0.39 is 10.0 Å². The molecule has 0 aliphatic heterocycles. The van der Waals surface area contributed by atoms with Gasteiger partial charge in [0.25, 0.3) is 0 Å². The van der Waals surface area contributed by atoms with Gasteiger partial charge in [-0.3, -0.25) is 0 Å². The average Bonchev–Trinajstić information content (AvgIpc) is 2.82. The van der Waals surface area contributed by atoms with Crippen molar-refractivity contribution in [2.75, 3.05) is 0 Å². The molecule has 0 bridgehead atoms. The van der Waals surface area contributed by atoms with Crippen molar-refractivity contribution in [3.8, 4) is 0 Å². The minimum Gasteiger partial charge on any atom is -0.392 e. The first-order valence-electron chi connectivity index (χ1n) is 7.23. The van der Waals surface area contributed by atoms with Gasteiger partial charge in [0, 0.05) is 6.04 Å². The molecule has 0 aromatic heterocycles. The maximum Gasteiger partial charge on any atom is 0.240 e. The molecule has 0 spiro atoms. The Hall–Kier alpha value is -0.910. The lowest BCUT2D eigenvalue weighted by molar-refractivity contribution is 0.280. The smallest absolute Gasteiger partial charge is 0.240 e. The largest absolute Gasteiger partial charge is 0.392 e. The van der Waals surface area contributed by atoms with Crippen molar-refractivity contribution in [1.29, 1.82) is 0 Å². The van der Waals surface area contributed by atoms with E-state index in [1.54, 1.807) is 18.2 Å². The molecular formula is C15H23NO3S. The predicted molar refractivity (Wildman–Crippen MR) is 78.9 cm³/mol. The Kier molecular flexibility index (Phi) is 4.83. The highest BCUT2D eigenvalue weighted by Crippen LogP contribution is 2.26. The third-order valence-corrected chi connectivity index (χ3v) is 5.69. The summed E-state index contributed by atoms with van der Waals surface area (Å²) in [6.45, 7) is 3.94. The minimum absolute atomic E-state index is 0.0310. The van der Waals surface area contributed by atoms with Gasteiger partial charge in [0.2, 0.25) is 10.0 Å². The number of aliphatic hydroxyl groups is 1. The van der Waals surface area contributed by atoms with Crippen LogP contribution in [0, 0.1) is 5.92 Å². The van der Waals surface area contributed by atoms with E-state index >= 15 is 0 Å². The second-order valence-electron chi connectivity index (χ2n) is 5.58. The first-order chi connectivity index (χ1) is 9.47. The second-order valence-corrected chi connectivity index (χ2v) is 7.29. The molecule has 0 saturated heterocycles. The Morgan fingerprint density at radius 2 is 2.05 bits per heavy atom. The molecule has 4 nitrogen and oxygen atoms in total. The molecular weight excluding hydrogens is 274 g/mol. The lowest BCUT2D eigenvalue weighted by Gasteiger charge is -2.18. The summed E-state index contributed by atoms with van der Waals surface area (Å²) in [7, 11) is -3.50. The standard InChI is InChI=1S/C15H23NO3S/c1-3-12-7-8-14(9-13(12)10-17)20(18,19)16-15-6-4-5-11(15)2/h7-9,11,15-17H,3-6,10H2,1-2H3. The van der Waals surface area contributed by atoms with E-state index in [-0.39, 0.29) is 17.5 Å². The molecule has 1 aliphatic rings.